The zero-order valence-electron chi connectivity index (χ0n) is 23.4. The number of thiophene rings is 1. The van der Waals surface area contributed by atoms with Crippen molar-refractivity contribution in [1.82, 2.24) is 29.4 Å². The number of allylic oxidation sites excluding steroid dienone is 2. The molecule has 1 aromatic carbocycles. The first-order valence-electron chi connectivity index (χ1n) is 13.3. The number of carbonyl (C=O) groups is 1. The number of hydrogen-bond acceptors (Lipinski definition) is 5. The van der Waals surface area contributed by atoms with Crippen LogP contribution in [0.2, 0.25) is 0 Å². The minimum Gasteiger partial charge on any atom is -0.326 e. The van der Waals surface area contributed by atoms with Crippen molar-refractivity contribution in [2.45, 2.75) is 39.4 Å². The van der Waals surface area contributed by atoms with Crippen LogP contribution in [0.4, 0.5) is 13.2 Å². The van der Waals surface area contributed by atoms with Gasteiger partial charge in [0, 0.05) is 52.1 Å². The van der Waals surface area contributed by atoms with Crippen LogP contribution in [0.25, 0.3) is 49.7 Å². The molecule has 0 spiro atoms. The van der Waals surface area contributed by atoms with Crippen LogP contribution < -0.4 is 0 Å². The molecule has 11 heteroatoms. The fraction of sp³-hybridized carbons (Fsp3) is 0.226. The maximum absolute atomic E-state index is 15.5. The fourth-order valence-corrected chi connectivity index (χ4v) is 6.70. The summed E-state index contributed by atoms with van der Waals surface area (Å²) in [6.07, 6.45) is 3.10. The lowest BCUT2D eigenvalue weighted by Crippen LogP contribution is -2.46. The molecule has 0 saturated carbocycles. The largest absolute Gasteiger partial charge is 0.326 e. The average molecular weight is 589 g/mol. The van der Waals surface area contributed by atoms with E-state index in [1.54, 1.807) is 20.3 Å². The van der Waals surface area contributed by atoms with Crippen LogP contribution in [-0.2, 0) is 18.4 Å². The van der Waals surface area contributed by atoms with Crippen molar-refractivity contribution in [3.8, 4) is 22.6 Å². The predicted molar refractivity (Wildman–Crippen MR) is 159 cm³/mol. The van der Waals surface area contributed by atoms with Crippen LogP contribution in [0.3, 0.4) is 0 Å². The molecular formula is C31H27F3N6OS. The summed E-state index contributed by atoms with van der Waals surface area (Å²) < 4.78 is 47.3. The molecule has 0 bridgehead atoms. The topological polar surface area (TPSA) is 68.8 Å². The van der Waals surface area contributed by atoms with Crippen molar-refractivity contribution in [1.29, 1.82) is 0 Å². The van der Waals surface area contributed by atoms with Gasteiger partial charge in [0.25, 0.3) is 0 Å². The lowest BCUT2D eigenvalue weighted by atomic mass is 10.00. The number of nitrogens with zero attached hydrogens (tertiary/aromatic N) is 6. The van der Waals surface area contributed by atoms with E-state index >= 15 is 4.39 Å². The van der Waals surface area contributed by atoms with E-state index in [0.29, 0.717) is 34.3 Å². The zero-order valence-corrected chi connectivity index (χ0v) is 24.2. The highest BCUT2D eigenvalue weighted by molar-refractivity contribution is 7.17. The maximum Gasteiger partial charge on any atom is 0.246 e. The molecular weight excluding hydrogens is 561 g/mol. The molecule has 1 aliphatic heterocycles. The summed E-state index contributed by atoms with van der Waals surface area (Å²) in [4.78, 5) is 19.3. The van der Waals surface area contributed by atoms with Gasteiger partial charge in [-0.05, 0) is 45.1 Å². The Labute approximate surface area is 243 Å². The fourth-order valence-electron chi connectivity index (χ4n) is 5.76. The van der Waals surface area contributed by atoms with Crippen molar-refractivity contribution in [2.75, 3.05) is 0 Å². The van der Waals surface area contributed by atoms with Crippen LogP contribution in [0.15, 0.2) is 60.5 Å². The Bertz CT molecular complexity index is 1970. The number of fused-ring (bicyclic) bond motifs is 3. The Hall–Kier alpha value is -4.51. The van der Waals surface area contributed by atoms with E-state index in [0.717, 1.165) is 39.7 Å². The number of pyridine rings is 1. The molecule has 6 rings (SSSR count). The number of halogens is 3. The highest BCUT2D eigenvalue weighted by Crippen LogP contribution is 2.42. The first kappa shape index (κ1) is 27.6. The third-order valence-corrected chi connectivity index (χ3v) is 8.82. The predicted octanol–water partition coefficient (Wildman–Crippen LogP) is 7.43. The van der Waals surface area contributed by atoms with Crippen LogP contribution >= 0.6 is 11.3 Å². The van der Waals surface area contributed by atoms with Crippen molar-refractivity contribution < 1.29 is 18.0 Å². The number of rotatable bonds is 5. The van der Waals surface area contributed by atoms with E-state index in [2.05, 4.69) is 11.7 Å². The van der Waals surface area contributed by atoms with Crippen LogP contribution in [-0.4, -0.2) is 41.4 Å². The Morgan fingerprint density at radius 1 is 1.19 bits per heavy atom. The van der Waals surface area contributed by atoms with Gasteiger partial charge in [0.1, 0.15) is 17.3 Å². The number of hydrogen-bond donors (Lipinski definition) is 0. The number of amides is 1. The summed E-state index contributed by atoms with van der Waals surface area (Å²) in [5, 5.41) is 11.9. The molecule has 2 atom stereocenters. The molecule has 0 fully saturated rings. The zero-order chi connectivity index (χ0) is 29.9. The van der Waals surface area contributed by atoms with E-state index in [9.17, 15) is 13.6 Å². The Morgan fingerprint density at radius 3 is 2.71 bits per heavy atom. The quantitative estimate of drug-likeness (QED) is 0.158. The van der Waals surface area contributed by atoms with E-state index < -0.39 is 11.6 Å². The summed E-state index contributed by atoms with van der Waals surface area (Å²) in [5.74, 6) is -1.65. The summed E-state index contributed by atoms with van der Waals surface area (Å²) in [7, 11) is 1.87. The van der Waals surface area contributed by atoms with Gasteiger partial charge >= 0.3 is 0 Å². The molecule has 0 aliphatic carbocycles. The summed E-state index contributed by atoms with van der Waals surface area (Å²) in [6.45, 7) is 9.84. The SMILES string of the molecule is C=CC(=O)N1[C@H](C)c2cc(-c3nc(-c4ccc5c(C)n(C)nc5c4)c4scc(F)c4c3C=C(F)/C=C/F)nn2C[C@@H]1C. The standard InChI is InChI=1S/C31H27F3N6OS/c1-6-27(41)40-16(2)14-39-26(18(40)4)13-25(37-39)30-22(12-20(33)9-10-32)28-23(34)15-42-31(28)29(35-30)19-7-8-21-17(3)38(5)36-24(21)11-19/h6-13,15-16,18H,1,14H2,2-5H3/b10-9+,20-12?/t16-,18+/m0/s1. The average Bonchev–Trinajstić information content (AvgIpc) is 3.64. The van der Waals surface area contributed by atoms with Crippen LogP contribution in [0.5, 0.6) is 0 Å². The number of benzene rings is 1. The Balaban J connectivity index is 1.62. The molecule has 4 aromatic heterocycles. The van der Waals surface area contributed by atoms with Crippen molar-refractivity contribution in [3.63, 3.8) is 0 Å². The summed E-state index contributed by atoms with van der Waals surface area (Å²) >= 11 is 1.16. The van der Waals surface area contributed by atoms with Gasteiger partial charge in [-0.3, -0.25) is 14.2 Å². The van der Waals surface area contributed by atoms with E-state index in [-0.39, 0.29) is 41.0 Å². The minimum atomic E-state index is -0.903. The molecule has 0 radical (unpaired) electrons. The second-order valence-corrected chi connectivity index (χ2v) is 11.3. The summed E-state index contributed by atoms with van der Waals surface area (Å²) in [5.41, 5.74) is 4.48. The highest BCUT2D eigenvalue weighted by Gasteiger charge is 2.34. The van der Waals surface area contributed by atoms with Gasteiger partial charge in [-0.2, -0.15) is 10.2 Å². The molecule has 1 aliphatic rings. The lowest BCUT2D eigenvalue weighted by molar-refractivity contribution is -0.131. The Kier molecular flexibility index (Phi) is 6.84. The highest BCUT2D eigenvalue weighted by atomic mass is 32.1. The van der Waals surface area contributed by atoms with Crippen LogP contribution in [0, 0.1) is 12.7 Å². The normalized spacial score (nSPS) is 17.5. The van der Waals surface area contributed by atoms with Gasteiger partial charge < -0.3 is 4.90 Å². The number of aryl methyl sites for hydroxylation is 2. The Morgan fingerprint density at radius 2 is 1.98 bits per heavy atom. The molecule has 0 unspecified atom stereocenters. The van der Waals surface area contributed by atoms with Crippen molar-refractivity contribution in [2.24, 2.45) is 7.05 Å². The third-order valence-electron chi connectivity index (χ3n) is 7.86. The first-order valence-corrected chi connectivity index (χ1v) is 14.2. The van der Waals surface area contributed by atoms with E-state index in [4.69, 9.17) is 10.1 Å². The molecule has 0 N–H and O–H groups in total. The van der Waals surface area contributed by atoms with Gasteiger partial charge in [-0.25, -0.2) is 18.2 Å². The minimum absolute atomic E-state index is 0.0855. The first-order chi connectivity index (χ1) is 20.1. The second-order valence-electron chi connectivity index (χ2n) is 10.4. The second kappa shape index (κ2) is 10.4. The molecule has 5 aromatic rings. The van der Waals surface area contributed by atoms with E-state index in [1.165, 1.54) is 11.5 Å². The van der Waals surface area contributed by atoms with Crippen molar-refractivity contribution >= 4 is 44.3 Å². The molecule has 5 heterocycles. The van der Waals surface area contributed by atoms with Gasteiger partial charge in [0.2, 0.25) is 5.91 Å². The van der Waals surface area contributed by atoms with Crippen molar-refractivity contribution in [3.05, 3.63) is 83.3 Å². The molecule has 1 amide bonds. The summed E-state index contributed by atoms with van der Waals surface area (Å²) in [6, 6.07) is 7.05. The van der Waals surface area contributed by atoms with E-state index in [1.807, 2.05) is 46.0 Å². The molecule has 0 saturated heterocycles. The monoisotopic (exact) mass is 588 g/mol. The molecule has 214 valence electrons. The lowest BCUT2D eigenvalue weighted by Gasteiger charge is -2.38. The molecule has 42 heavy (non-hydrogen) atoms. The van der Waals surface area contributed by atoms with Crippen LogP contribution in [0.1, 0.15) is 36.8 Å². The third kappa shape index (κ3) is 4.35. The number of carbonyl (C=O) groups excluding carboxylic acids is 1. The van der Waals surface area contributed by atoms with Gasteiger partial charge in [-0.1, -0.05) is 18.7 Å². The van der Waals surface area contributed by atoms with Gasteiger partial charge in [0.05, 0.1) is 46.2 Å². The smallest absolute Gasteiger partial charge is 0.246 e. The maximum atomic E-state index is 15.5. The number of aromatic nitrogens is 5. The molecule has 7 nitrogen and oxygen atoms in total. The van der Waals surface area contributed by atoms with Gasteiger partial charge in [-0.15, -0.1) is 11.3 Å². The van der Waals surface area contributed by atoms with Gasteiger partial charge in [0.15, 0.2) is 0 Å².